The number of nitrogens with zero attached hydrogens (tertiary/aromatic N) is 1. The molecule has 0 atom stereocenters. The molecule has 0 radical (unpaired) electrons. The molecule has 0 spiro atoms. The first kappa shape index (κ1) is 12.1. The van der Waals surface area contributed by atoms with Crippen molar-refractivity contribution in [3.63, 3.8) is 0 Å². The predicted octanol–water partition coefficient (Wildman–Crippen LogP) is 1.28. The fourth-order valence-electron chi connectivity index (χ4n) is 1.87. The van der Waals surface area contributed by atoms with E-state index in [1.54, 1.807) is 35.9 Å². The van der Waals surface area contributed by atoms with Crippen molar-refractivity contribution < 1.29 is 9.59 Å². The van der Waals surface area contributed by atoms with Gasteiger partial charge in [0.15, 0.2) is 0 Å². The average Bonchev–Trinajstić information content (AvgIpc) is 2.71. The molecule has 0 bridgehead atoms. The molecule has 2 N–H and O–H groups in total. The quantitative estimate of drug-likeness (QED) is 0.821. The van der Waals surface area contributed by atoms with Crippen molar-refractivity contribution in [2.45, 2.75) is 6.42 Å². The monoisotopic (exact) mass is 242 g/mol. The van der Waals surface area contributed by atoms with E-state index in [2.05, 4.69) is 0 Å². The molecule has 0 unspecified atom stereocenters. The Morgan fingerprint density at radius 2 is 1.78 bits per heavy atom. The van der Waals surface area contributed by atoms with Crippen LogP contribution in [0.3, 0.4) is 0 Å². The molecule has 2 aromatic rings. The lowest BCUT2D eigenvalue weighted by Crippen LogP contribution is -2.17. The summed E-state index contributed by atoms with van der Waals surface area (Å²) in [5.74, 6) is -0.469. The third-order valence-corrected chi connectivity index (χ3v) is 2.85. The maximum atomic E-state index is 12.2. The van der Waals surface area contributed by atoms with Crippen LogP contribution >= 0.6 is 0 Å². The number of carbonyl (C=O) groups excluding carboxylic acids is 2. The van der Waals surface area contributed by atoms with E-state index in [0.29, 0.717) is 11.3 Å². The largest absolute Gasteiger partial charge is 0.369 e. The maximum Gasteiger partial charge on any atom is 0.223 e. The minimum Gasteiger partial charge on any atom is -0.369 e. The minimum atomic E-state index is -0.407. The van der Waals surface area contributed by atoms with Crippen molar-refractivity contribution >= 4 is 11.7 Å². The summed E-state index contributed by atoms with van der Waals surface area (Å²) in [6, 6.07) is 12.5. The molecule has 1 heterocycles. The highest BCUT2D eigenvalue weighted by Gasteiger charge is 2.14. The zero-order valence-electron chi connectivity index (χ0n) is 10.1. The first-order chi connectivity index (χ1) is 8.59. The zero-order chi connectivity index (χ0) is 13.1. The summed E-state index contributed by atoms with van der Waals surface area (Å²) in [6.07, 6.45) is 0.137. The van der Waals surface area contributed by atoms with E-state index in [-0.39, 0.29) is 12.2 Å². The van der Waals surface area contributed by atoms with Gasteiger partial charge in [-0.2, -0.15) is 0 Å². The highest BCUT2D eigenvalue weighted by Crippen LogP contribution is 2.13. The summed E-state index contributed by atoms with van der Waals surface area (Å²) in [7, 11) is 1.76. The van der Waals surface area contributed by atoms with Crippen molar-refractivity contribution in [2.24, 2.45) is 12.8 Å². The second-order valence-corrected chi connectivity index (χ2v) is 4.11. The first-order valence-corrected chi connectivity index (χ1v) is 5.62. The van der Waals surface area contributed by atoms with Gasteiger partial charge >= 0.3 is 0 Å². The molecule has 0 aliphatic rings. The fourth-order valence-corrected chi connectivity index (χ4v) is 1.87. The Labute approximate surface area is 105 Å². The Morgan fingerprint density at radius 3 is 2.39 bits per heavy atom. The van der Waals surface area contributed by atoms with Gasteiger partial charge in [0.25, 0.3) is 0 Å². The van der Waals surface area contributed by atoms with Crippen LogP contribution in [-0.4, -0.2) is 16.3 Å². The molecule has 4 heteroatoms. The first-order valence-electron chi connectivity index (χ1n) is 5.62. The van der Waals surface area contributed by atoms with Crippen molar-refractivity contribution in [1.29, 1.82) is 0 Å². The van der Waals surface area contributed by atoms with Crippen LogP contribution in [0.1, 0.15) is 21.7 Å². The van der Waals surface area contributed by atoms with E-state index in [4.69, 9.17) is 5.73 Å². The molecule has 0 saturated carbocycles. The van der Waals surface area contributed by atoms with Crippen LogP contribution in [-0.2, 0) is 18.3 Å². The lowest BCUT2D eigenvalue weighted by Gasteiger charge is -2.06. The molecule has 0 fully saturated rings. The average molecular weight is 242 g/mol. The smallest absolute Gasteiger partial charge is 0.223 e. The number of carbonyl (C=O) groups is 2. The predicted molar refractivity (Wildman–Crippen MR) is 68.2 cm³/mol. The number of nitrogens with two attached hydrogens (primary N) is 1. The van der Waals surface area contributed by atoms with Gasteiger partial charge in [0, 0.05) is 18.3 Å². The number of amides is 1. The lowest BCUT2D eigenvalue weighted by molar-refractivity contribution is -0.117. The summed E-state index contributed by atoms with van der Waals surface area (Å²) >= 11 is 0. The van der Waals surface area contributed by atoms with Gasteiger partial charge in [0.1, 0.15) is 0 Å². The van der Waals surface area contributed by atoms with Crippen LogP contribution in [0.2, 0.25) is 0 Å². The zero-order valence-corrected chi connectivity index (χ0v) is 10.1. The summed E-state index contributed by atoms with van der Waals surface area (Å²) in [6.45, 7) is 0. The third kappa shape index (κ3) is 2.32. The fraction of sp³-hybridized carbons (Fsp3) is 0.143. The van der Waals surface area contributed by atoms with Gasteiger partial charge in [-0.3, -0.25) is 9.59 Å². The van der Waals surface area contributed by atoms with Crippen LogP contribution < -0.4 is 5.73 Å². The van der Waals surface area contributed by atoms with E-state index in [0.717, 1.165) is 5.69 Å². The van der Waals surface area contributed by atoms with Gasteiger partial charge in [-0.15, -0.1) is 0 Å². The SMILES string of the molecule is Cn1c(CC(N)=O)ccc1C(=O)c1ccccc1. The molecule has 0 aliphatic carbocycles. The molecular formula is C14H14N2O2. The number of primary amides is 1. The Kier molecular flexibility index (Phi) is 3.28. The number of hydrogen-bond acceptors (Lipinski definition) is 2. The van der Waals surface area contributed by atoms with Gasteiger partial charge in [-0.05, 0) is 12.1 Å². The van der Waals surface area contributed by atoms with E-state index >= 15 is 0 Å². The second-order valence-electron chi connectivity index (χ2n) is 4.11. The number of aromatic nitrogens is 1. The van der Waals surface area contributed by atoms with Crippen LogP contribution in [0.5, 0.6) is 0 Å². The number of ketones is 1. The Balaban J connectivity index is 2.32. The molecule has 0 aliphatic heterocycles. The molecule has 2 rings (SSSR count). The molecule has 1 aromatic carbocycles. The van der Waals surface area contributed by atoms with E-state index in [1.165, 1.54) is 0 Å². The topological polar surface area (TPSA) is 65.1 Å². The van der Waals surface area contributed by atoms with Crippen LogP contribution in [0.15, 0.2) is 42.5 Å². The Bertz CT molecular complexity index is 585. The maximum absolute atomic E-state index is 12.2. The van der Waals surface area contributed by atoms with Crippen molar-refractivity contribution in [3.8, 4) is 0 Å². The van der Waals surface area contributed by atoms with Gasteiger partial charge in [0.05, 0.1) is 12.1 Å². The molecule has 4 nitrogen and oxygen atoms in total. The number of hydrogen-bond donors (Lipinski definition) is 1. The normalized spacial score (nSPS) is 10.3. The van der Waals surface area contributed by atoms with Gasteiger partial charge in [-0.25, -0.2) is 0 Å². The molecule has 18 heavy (non-hydrogen) atoms. The van der Waals surface area contributed by atoms with E-state index < -0.39 is 5.91 Å². The Hall–Kier alpha value is -2.36. The second kappa shape index (κ2) is 4.87. The highest BCUT2D eigenvalue weighted by molar-refractivity contribution is 6.08. The molecule has 92 valence electrons. The van der Waals surface area contributed by atoms with E-state index in [9.17, 15) is 9.59 Å². The summed E-state index contributed by atoms with van der Waals surface area (Å²) in [5, 5.41) is 0. The highest BCUT2D eigenvalue weighted by atomic mass is 16.1. The molecule has 1 amide bonds. The van der Waals surface area contributed by atoms with Gasteiger partial charge in [-0.1, -0.05) is 30.3 Å². The molecule has 0 saturated heterocycles. The van der Waals surface area contributed by atoms with Crippen molar-refractivity contribution in [2.75, 3.05) is 0 Å². The molecule has 1 aromatic heterocycles. The van der Waals surface area contributed by atoms with Crippen molar-refractivity contribution in [3.05, 3.63) is 59.4 Å². The third-order valence-electron chi connectivity index (χ3n) is 2.85. The van der Waals surface area contributed by atoms with Crippen LogP contribution in [0.25, 0.3) is 0 Å². The summed E-state index contributed by atoms with van der Waals surface area (Å²) in [4.78, 5) is 23.1. The van der Waals surface area contributed by atoms with Crippen molar-refractivity contribution in [1.82, 2.24) is 4.57 Å². The standard InChI is InChI=1S/C14H14N2O2/c1-16-11(9-13(15)17)7-8-12(16)14(18)10-5-3-2-4-6-10/h2-8H,9H2,1H3,(H2,15,17). The van der Waals surface area contributed by atoms with Crippen LogP contribution in [0, 0.1) is 0 Å². The van der Waals surface area contributed by atoms with Gasteiger partial charge in [0.2, 0.25) is 11.7 Å². The van der Waals surface area contributed by atoms with Gasteiger partial charge < -0.3 is 10.3 Å². The Morgan fingerprint density at radius 1 is 1.11 bits per heavy atom. The summed E-state index contributed by atoms with van der Waals surface area (Å²) < 4.78 is 1.71. The molecular weight excluding hydrogens is 228 g/mol. The minimum absolute atomic E-state index is 0.0613. The van der Waals surface area contributed by atoms with Crippen LogP contribution in [0.4, 0.5) is 0 Å². The number of rotatable bonds is 4. The summed E-state index contributed by atoms with van der Waals surface area (Å²) in [5.41, 5.74) is 7.07. The van der Waals surface area contributed by atoms with E-state index in [1.807, 2.05) is 18.2 Å². The number of benzene rings is 1. The lowest BCUT2D eigenvalue weighted by atomic mass is 10.1.